The highest BCUT2D eigenvalue weighted by Gasteiger charge is 2.25. The van der Waals surface area contributed by atoms with Gasteiger partial charge in [-0.15, -0.1) is 0 Å². The van der Waals surface area contributed by atoms with Gasteiger partial charge in [-0.1, -0.05) is 18.2 Å². The van der Waals surface area contributed by atoms with E-state index in [0.29, 0.717) is 48.8 Å². The van der Waals surface area contributed by atoms with Crippen molar-refractivity contribution in [2.75, 3.05) is 33.3 Å². The minimum Gasteiger partial charge on any atom is -0.493 e. The van der Waals surface area contributed by atoms with E-state index in [4.69, 9.17) is 9.47 Å². The van der Waals surface area contributed by atoms with Crippen LogP contribution in [0.4, 0.5) is 0 Å². The van der Waals surface area contributed by atoms with Crippen LogP contribution in [-0.4, -0.2) is 61.0 Å². The molecule has 2 fully saturated rings. The van der Waals surface area contributed by atoms with Crippen molar-refractivity contribution in [2.24, 2.45) is 0 Å². The van der Waals surface area contributed by atoms with Gasteiger partial charge in [-0.3, -0.25) is 9.59 Å². The first-order valence-electron chi connectivity index (χ1n) is 11.1. The molecule has 2 aromatic rings. The van der Waals surface area contributed by atoms with Crippen molar-refractivity contribution in [1.29, 1.82) is 0 Å². The summed E-state index contributed by atoms with van der Waals surface area (Å²) >= 11 is 0. The fourth-order valence-electron chi connectivity index (χ4n) is 4.35. The summed E-state index contributed by atoms with van der Waals surface area (Å²) in [5.41, 5.74) is 1.27. The van der Waals surface area contributed by atoms with E-state index in [2.05, 4.69) is 0 Å². The number of amides is 2. The van der Waals surface area contributed by atoms with Gasteiger partial charge in [-0.25, -0.2) is 0 Å². The normalized spacial score (nSPS) is 17.3. The van der Waals surface area contributed by atoms with Crippen molar-refractivity contribution in [2.45, 2.75) is 38.2 Å². The summed E-state index contributed by atoms with van der Waals surface area (Å²) in [5.74, 6) is 1.26. The van der Waals surface area contributed by atoms with Crippen molar-refractivity contribution in [1.82, 2.24) is 9.80 Å². The van der Waals surface area contributed by atoms with Crippen LogP contribution in [0.1, 0.15) is 52.8 Å². The Morgan fingerprint density at radius 3 is 2.06 bits per heavy atom. The minimum absolute atomic E-state index is 0.0185. The zero-order valence-corrected chi connectivity index (χ0v) is 18.1. The summed E-state index contributed by atoms with van der Waals surface area (Å²) in [4.78, 5) is 29.6. The molecule has 4 rings (SSSR count). The lowest BCUT2D eigenvalue weighted by atomic mass is 10.1. The number of hydrogen-bond donors (Lipinski definition) is 0. The van der Waals surface area contributed by atoms with E-state index < -0.39 is 0 Å². The molecule has 6 heteroatoms. The molecule has 6 nitrogen and oxygen atoms in total. The molecule has 164 valence electrons. The van der Waals surface area contributed by atoms with E-state index in [-0.39, 0.29) is 17.9 Å². The number of nitrogens with zero attached hydrogens (tertiary/aromatic N) is 2. The van der Waals surface area contributed by atoms with Gasteiger partial charge in [-0.05, 0) is 62.4 Å². The zero-order chi connectivity index (χ0) is 21.6. The van der Waals surface area contributed by atoms with Gasteiger partial charge in [0.2, 0.25) is 0 Å². The van der Waals surface area contributed by atoms with Gasteiger partial charge in [0.25, 0.3) is 11.8 Å². The van der Waals surface area contributed by atoms with Crippen molar-refractivity contribution in [3.63, 3.8) is 0 Å². The fourth-order valence-corrected chi connectivity index (χ4v) is 4.35. The Kier molecular flexibility index (Phi) is 6.75. The molecule has 31 heavy (non-hydrogen) atoms. The molecule has 0 aromatic heterocycles. The molecular weight excluding hydrogens is 392 g/mol. The van der Waals surface area contributed by atoms with Crippen molar-refractivity contribution >= 4 is 11.8 Å². The van der Waals surface area contributed by atoms with E-state index in [9.17, 15) is 9.59 Å². The Bertz CT molecular complexity index is 909. The number of rotatable bonds is 5. The Balaban J connectivity index is 1.41. The smallest absolute Gasteiger partial charge is 0.254 e. The predicted octanol–water partition coefficient (Wildman–Crippen LogP) is 4.00. The van der Waals surface area contributed by atoms with Crippen LogP contribution in [0.3, 0.4) is 0 Å². The molecule has 1 saturated carbocycles. The van der Waals surface area contributed by atoms with Gasteiger partial charge in [0.15, 0.2) is 11.5 Å². The second kappa shape index (κ2) is 9.86. The topological polar surface area (TPSA) is 59.1 Å². The molecule has 0 atom stereocenters. The fraction of sp³-hybridized carbons (Fsp3) is 0.440. The van der Waals surface area contributed by atoms with Crippen LogP contribution in [-0.2, 0) is 0 Å². The average molecular weight is 423 g/mol. The molecule has 0 N–H and O–H groups in total. The number of benzene rings is 2. The first kappa shape index (κ1) is 21.2. The monoisotopic (exact) mass is 422 g/mol. The zero-order valence-electron chi connectivity index (χ0n) is 18.1. The molecule has 1 saturated heterocycles. The Morgan fingerprint density at radius 2 is 1.42 bits per heavy atom. The van der Waals surface area contributed by atoms with Gasteiger partial charge >= 0.3 is 0 Å². The second-order valence-electron chi connectivity index (χ2n) is 8.19. The maximum atomic E-state index is 13.1. The Labute approximate surface area is 183 Å². The molecule has 1 aliphatic carbocycles. The molecule has 0 radical (unpaired) electrons. The van der Waals surface area contributed by atoms with E-state index in [1.165, 1.54) is 12.8 Å². The highest BCUT2D eigenvalue weighted by molar-refractivity contribution is 5.96. The molecule has 2 amide bonds. The van der Waals surface area contributed by atoms with E-state index in [1.54, 1.807) is 13.2 Å². The first-order chi connectivity index (χ1) is 15.2. The third-order valence-electron chi connectivity index (χ3n) is 6.10. The highest BCUT2D eigenvalue weighted by Crippen LogP contribution is 2.32. The van der Waals surface area contributed by atoms with Crippen LogP contribution in [0.2, 0.25) is 0 Å². The van der Waals surface area contributed by atoms with Crippen LogP contribution >= 0.6 is 0 Å². The Hall–Kier alpha value is -3.02. The molecule has 0 unspecified atom stereocenters. The number of carbonyl (C=O) groups excluding carboxylic acids is 2. The lowest BCUT2D eigenvalue weighted by molar-refractivity contribution is 0.0718. The van der Waals surface area contributed by atoms with E-state index >= 15 is 0 Å². The lowest BCUT2D eigenvalue weighted by Crippen LogP contribution is -2.37. The lowest BCUT2D eigenvalue weighted by Gasteiger charge is -2.23. The number of methoxy groups -OCH3 is 1. The van der Waals surface area contributed by atoms with Gasteiger partial charge in [0.05, 0.1) is 13.2 Å². The predicted molar refractivity (Wildman–Crippen MR) is 119 cm³/mol. The summed E-state index contributed by atoms with van der Waals surface area (Å²) in [6, 6.07) is 14.7. The molecule has 1 heterocycles. The number of carbonyl (C=O) groups is 2. The van der Waals surface area contributed by atoms with Crippen LogP contribution in [0.5, 0.6) is 11.5 Å². The average Bonchev–Trinajstić information content (AvgIpc) is 3.20. The van der Waals surface area contributed by atoms with Crippen LogP contribution < -0.4 is 9.47 Å². The third-order valence-corrected chi connectivity index (χ3v) is 6.10. The molecule has 2 aliphatic rings. The van der Waals surface area contributed by atoms with Crippen molar-refractivity contribution in [3.8, 4) is 11.5 Å². The highest BCUT2D eigenvalue weighted by atomic mass is 16.5. The van der Waals surface area contributed by atoms with E-state index in [1.807, 2.05) is 52.3 Å². The van der Waals surface area contributed by atoms with Crippen LogP contribution in [0.15, 0.2) is 48.5 Å². The summed E-state index contributed by atoms with van der Waals surface area (Å²) in [5, 5.41) is 0. The van der Waals surface area contributed by atoms with Gasteiger partial charge in [0.1, 0.15) is 0 Å². The third kappa shape index (κ3) is 5.01. The van der Waals surface area contributed by atoms with E-state index in [0.717, 1.165) is 19.3 Å². The quantitative estimate of drug-likeness (QED) is 0.731. The maximum Gasteiger partial charge on any atom is 0.254 e. The largest absolute Gasteiger partial charge is 0.493 e. The maximum absolute atomic E-state index is 13.1. The standard InChI is InChI=1S/C25H30N2O4/c1-30-23-18-20(12-13-22(23)31-21-10-5-6-11-21)25(29)27-15-7-14-26(16-17-27)24(28)19-8-3-2-4-9-19/h2-4,8-9,12-13,18,21H,5-7,10-11,14-17H2,1H3. The summed E-state index contributed by atoms with van der Waals surface area (Å²) in [6.45, 7) is 2.31. The number of hydrogen-bond acceptors (Lipinski definition) is 4. The van der Waals surface area contributed by atoms with Crippen molar-refractivity contribution < 1.29 is 19.1 Å². The minimum atomic E-state index is -0.0419. The summed E-state index contributed by atoms with van der Waals surface area (Å²) < 4.78 is 11.6. The number of ether oxygens (including phenoxy) is 2. The molecular formula is C25H30N2O4. The van der Waals surface area contributed by atoms with Gasteiger partial charge < -0.3 is 19.3 Å². The molecule has 0 spiro atoms. The Morgan fingerprint density at radius 1 is 0.774 bits per heavy atom. The molecule has 0 bridgehead atoms. The SMILES string of the molecule is COc1cc(C(=O)N2CCCN(C(=O)c3ccccc3)CC2)ccc1OC1CCCC1. The first-order valence-corrected chi connectivity index (χ1v) is 11.1. The van der Waals surface area contributed by atoms with Gasteiger partial charge in [0, 0.05) is 37.3 Å². The second-order valence-corrected chi connectivity index (χ2v) is 8.19. The van der Waals surface area contributed by atoms with Crippen molar-refractivity contribution in [3.05, 3.63) is 59.7 Å². The van der Waals surface area contributed by atoms with Crippen LogP contribution in [0.25, 0.3) is 0 Å². The van der Waals surface area contributed by atoms with Crippen LogP contribution in [0, 0.1) is 0 Å². The van der Waals surface area contributed by atoms with Gasteiger partial charge in [-0.2, -0.15) is 0 Å². The molecule has 1 aliphatic heterocycles. The summed E-state index contributed by atoms with van der Waals surface area (Å²) in [6.07, 6.45) is 5.51. The summed E-state index contributed by atoms with van der Waals surface area (Å²) in [7, 11) is 1.60. The molecule has 2 aromatic carbocycles.